The van der Waals surface area contributed by atoms with Gasteiger partial charge in [-0.3, -0.25) is 11.3 Å². The van der Waals surface area contributed by atoms with E-state index in [1.54, 1.807) is 12.1 Å². The van der Waals surface area contributed by atoms with Gasteiger partial charge in [0.15, 0.2) is 0 Å². The van der Waals surface area contributed by atoms with Gasteiger partial charge in [-0.2, -0.15) is 0 Å². The third-order valence-corrected chi connectivity index (χ3v) is 3.80. The Labute approximate surface area is 111 Å². The van der Waals surface area contributed by atoms with Gasteiger partial charge >= 0.3 is 0 Å². The molecule has 3 nitrogen and oxygen atoms in total. The second kappa shape index (κ2) is 5.97. The highest BCUT2D eigenvalue weighted by molar-refractivity contribution is 6.30. The molecule has 5 heteroatoms. The molecule has 1 aromatic carbocycles. The standard InChI is InChI=1S/C13H18ClFN2O/c1-2-12-10(5-6-18-12)13(17-16)9-4-3-8(14)7-11(9)15/h3-4,7,10,12-13,17H,2,5-6,16H2,1H3. The average Bonchev–Trinajstić information content (AvgIpc) is 2.81. The van der Waals surface area contributed by atoms with Gasteiger partial charge in [0.05, 0.1) is 12.1 Å². The molecule has 1 aliphatic heterocycles. The molecule has 1 aliphatic rings. The lowest BCUT2D eigenvalue weighted by Gasteiger charge is -2.27. The van der Waals surface area contributed by atoms with Gasteiger partial charge in [0.1, 0.15) is 5.82 Å². The smallest absolute Gasteiger partial charge is 0.129 e. The first-order valence-electron chi connectivity index (χ1n) is 6.20. The summed E-state index contributed by atoms with van der Waals surface area (Å²) in [7, 11) is 0. The summed E-state index contributed by atoms with van der Waals surface area (Å²) < 4.78 is 19.6. The number of benzene rings is 1. The molecule has 0 spiro atoms. The molecule has 3 unspecified atom stereocenters. The molecule has 2 rings (SSSR count). The zero-order valence-electron chi connectivity index (χ0n) is 10.3. The van der Waals surface area contributed by atoms with Crippen LogP contribution in [-0.2, 0) is 4.74 Å². The molecule has 0 amide bonds. The number of ether oxygens (including phenoxy) is 1. The summed E-state index contributed by atoms with van der Waals surface area (Å²) in [4.78, 5) is 0. The highest BCUT2D eigenvalue weighted by atomic mass is 35.5. The number of nitrogens with one attached hydrogen (secondary N) is 1. The number of hydrogen-bond acceptors (Lipinski definition) is 3. The van der Waals surface area contributed by atoms with Crippen LogP contribution >= 0.6 is 11.6 Å². The lowest BCUT2D eigenvalue weighted by atomic mass is 9.87. The van der Waals surface area contributed by atoms with Crippen LogP contribution in [0.3, 0.4) is 0 Å². The van der Waals surface area contributed by atoms with Crippen LogP contribution in [0, 0.1) is 11.7 Å². The first-order chi connectivity index (χ1) is 8.67. The Morgan fingerprint density at radius 1 is 1.61 bits per heavy atom. The predicted octanol–water partition coefficient (Wildman–Crippen LogP) is 2.80. The van der Waals surface area contributed by atoms with E-state index in [-0.39, 0.29) is 23.9 Å². The lowest BCUT2D eigenvalue weighted by molar-refractivity contribution is 0.0770. The largest absolute Gasteiger partial charge is 0.378 e. The van der Waals surface area contributed by atoms with Gasteiger partial charge in [-0.1, -0.05) is 24.6 Å². The van der Waals surface area contributed by atoms with Crippen LogP contribution in [0.4, 0.5) is 4.39 Å². The summed E-state index contributed by atoms with van der Waals surface area (Å²) in [6.45, 7) is 2.77. The van der Waals surface area contributed by atoms with Crippen molar-refractivity contribution >= 4 is 11.6 Å². The SMILES string of the molecule is CCC1OCCC1C(NN)c1ccc(Cl)cc1F. The summed E-state index contributed by atoms with van der Waals surface area (Å²) in [5.74, 6) is 5.47. The molecule has 0 radical (unpaired) electrons. The van der Waals surface area contributed by atoms with Gasteiger partial charge in [-0.05, 0) is 25.0 Å². The van der Waals surface area contributed by atoms with Crippen LogP contribution < -0.4 is 11.3 Å². The molecule has 0 aromatic heterocycles. The van der Waals surface area contributed by atoms with E-state index >= 15 is 0 Å². The Balaban J connectivity index is 2.27. The van der Waals surface area contributed by atoms with Crippen molar-refractivity contribution in [2.45, 2.75) is 31.9 Å². The quantitative estimate of drug-likeness (QED) is 0.654. The predicted molar refractivity (Wildman–Crippen MR) is 69.6 cm³/mol. The monoisotopic (exact) mass is 272 g/mol. The number of rotatable bonds is 4. The Kier molecular flexibility index (Phi) is 4.56. The average molecular weight is 273 g/mol. The maximum Gasteiger partial charge on any atom is 0.129 e. The third-order valence-electron chi connectivity index (χ3n) is 3.57. The van der Waals surface area contributed by atoms with Crippen molar-refractivity contribution in [1.82, 2.24) is 5.43 Å². The fourth-order valence-electron chi connectivity index (χ4n) is 2.66. The Morgan fingerprint density at radius 3 is 3.00 bits per heavy atom. The molecular weight excluding hydrogens is 255 g/mol. The van der Waals surface area contributed by atoms with E-state index < -0.39 is 0 Å². The van der Waals surface area contributed by atoms with Gasteiger partial charge in [-0.15, -0.1) is 0 Å². The number of halogens is 2. The minimum Gasteiger partial charge on any atom is -0.378 e. The zero-order chi connectivity index (χ0) is 13.1. The third kappa shape index (κ3) is 2.67. The second-order valence-electron chi connectivity index (χ2n) is 4.58. The van der Waals surface area contributed by atoms with Crippen molar-refractivity contribution in [2.75, 3.05) is 6.61 Å². The summed E-state index contributed by atoms with van der Waals surface area (Å²) >= 11 is 5.76. The Morgan fingerprint density at radius 2 is 2.39 bits per heavy atom. The second-order valence-corrected chi connectivity index (χ2v) is 5.02. The highest BCUT2D eigenvalue weighted by Crippen LogP contribution is 2.35. The maximum absolute atomic E-state index is 14.0. The molecule has 3 atom stereocenters. The van der Waals surface area contributed by atoms with Gasteiger partial charge < -0.3 is 4.74 Å². The molecule has 1 heterocycles. The van der Waals surface area contributed by atoms with Gasteiger partial charge in [-0.25, -0.2) is 4.39 Å². The first kappa shape index (κ1) is 13.7. The van der Waals surface area contributed by atoms with Crippen molar-refractivity contribution < 1.29 is 9.13 Å². The summed E-state index contributed by atoms with van der Waals surface area (Å²) in [6.07, 6.45) is 1.91. The Bertz CT molecular complexity index is 416. The maximum atomic E-state index is 14.0. The molecular formula is C13H18ClFN2O. The van der Waals surface area contributed by atoms with Crippen LogP contribution in [0.15, 0.2) is 18.2 Å². The van der Waals surface area contributed by atoms with Crippen LogP contribution in [-0.4, -0.2) is 12.7 Å². The lowest BCUT2D eigenvalue weighted by Crippen LogP contribution is -2.37. The fraction of sp³-hybridized carbons (Fsp3) is 0.538. The Hall–Kier alpha value is -0.680. The topological polar surface area (TPSA) is 47.3 Å². The molecule has 0 aliphatic carbocycles. The first-order valence-corrected chi connectivity index (χ1v) is 6.57. The number of nitrogens with two attached hydrogens (primary N) is 1. The van der Waals surface area contributed by atoms with Gasteiger partial charge in [0.25, 0.3) is 0 Å². The van der Waals surface area contributed by atoms with Crippen LogP contribution in [0.1, 0.15) is 31.4 Å². The van der Waals surface area contributed by atoms with Crippen LogP contribution in [0.5, 0.6) is 0 Å². The molecule has 0 saturated carbocycles. The molecule has 0 bridgehead atoms. The number of hydrazine groups is 1. The molecule has 100 valence electrons. The highest BCUT2D eigenvalue weighted by Gasteiger charge is 2.35. The number of hydrogen-bond donors (Lipinski definition) is 2. The van der Waals surface area contributed by atoms with Gasteiger partial charge in [0, 0.05) is 23.1 Å². The summed E-state index contributed by atoms with van der Waals surface area (Å²) in [6, 6.07) is 4.45. The van der Waals surface area contributed by atoms with Crippen LogP contribution in [0.2, 0.25) is 5.02 Å². The molecule has 1 aromatic rings. The van der Waals surface area contributed by atoms with Gasteiger partial charge in [0.2, 0.25) is 0 Å². The normalized spacial score (nSPS) is 25.3. The zero-order valence-corrected chi connectivity index (χ0v) is 11.1. The van der Waals surface area contributed by atoms with E-state index in [9.17, 15) is 4.39 Å². The summed E-state index contributed by atoms with van der Waals surface area (Å²) in [5.41, 5.74) is 3.27. The minimum atomic E-state index is -0.327. The fourth-order valence-corrected chi connectivity index (χ4v) is 2.82. The van der Waals surface area contributed by atoms with Crippen molar-refractivity contribution in [1.29, 1.82) is 0 Å². The van der Waals surface area contributed by atoms with E-state index in [1.807, 2.05) is 0 Å². The van der Waals surface area contributed by atoms with E-state index in [0.29, 0.717) is 17.2 Å². The van der Waals surface area contributed by atoms with E-state index in [1.165, 1.54) is 6.07 Å². The van der Waals surface area contributed by atoms with E-state index in [4.69, 9.17) is 22.2 Å². The molecule has 18 heavy (non-hydrogen) atoms. The molecule has 1 fully saturated rings. The van der Waals surface area contributed by atoms with Crippen molar-refractivity contribution in [2.24, 2.45) is 11.8 Å². The van der Waals surface area contributed by atoms with Crippen molar-refractivity contribution in [3.63, 3.8) is 0 Å². The summed E-state index contributed by atoms with van der Waals surface area (Å²) in [5, 5.41) is 0.390. The van der Waals surface area contributed by atoms with Crippen LogP contribution in [0.25, 0.3) is 0 Å². The minimum absolute atomic E-state index is 0.126. The van der Waals surface area contributed by atoms with E-state index in [0.717, 1.165) is 12.8 Å². The van der Waals surface area contributed by atoms with E-state index in [2.05, 4.69) is 12.3 Å². The molecule has 1 saturated heterocycles. The van der Waals surface area contributed by atoms with Crippen molar-refractivity contribution in [3.8, 4) is 0 Å². The van der Waals surface area contributed by atoms with Crippen molar-refractivity contribution in [3.05, 3.63) is 34.6 Å². The molecule has 3 N–H and O–H groups in total.